The third-order valence-electron chi connectivity index (χ3n) is 6.05. The predicted octanol–water partition coefficient (Wildman–Crippen LogP) is 4.68. The Balaban J connectivity index is 1.18. The van der Waals surface area contributed by atoms with Crippen molar-refractivity contribution in [2.75, 3.05) is 11.4 Å². The Hall–Kier alpha value is -4.67. The summed E-state index contributed by atoms with van der Waals surface area (Å²) in [6.45, 7) is 0.838. The lowest BCUT2D eigenvalue weighted by Crippen LogP contribution is -2.24. The van der Waals surface area contributed by atoms with Crippen LogP contribution >= 0.6 is 0 Å². The van der Waals surface area contributed by atoms with Crippen molar-refractivity contribution in [2.24, 2.45) is 0 Å². The van der Waals surface area contributed by atoms with Crippen molar-refractivity contribution < 1.29 is 22.8 Å². The van der Waals surface area contributed by atoms with Crippen molar-refractivity contribution in [2.45, 2.75) is 25.6 Å². The average Bonchev–Trinajstić information content (AvgIpc) is 3.37. The molecular weight excluding hydrogens is 497 g/mol. The lowest BCUT2D eigenvalue weighted by atomic mass is 10.1. The summed E-state index contributed by atoms with van der Waals surface area (Å²) in [7, 11) is 0. The monoisotopic (exact) mass is 518 g/mol. The second kappa shape index (κ2) is 10.4. The molecule has 8 nitrogen and oxygen atoms in total. The fourth-order valence-corrected chi connectivity index (χ4v) is 4.02. The topological polar surface area (TPSA) is 101 Å². The second-order valence-electron chi connectivity index (χ2n) is 8.65. The van der Waals surface area contributed by atoms with E-state index in [0.29, 0.717) is 35.6 Å². The lowest BCUT2D eigenvalue weighted by Gasteiger charge is -2.14. The summed E-state index contributed by atoms with van der Waals surface area (Å²) < 4.78 is 38.7. The molecule has 0 radical (unpaired) electrons. The van der Waals surface area contributed by atoms with Crippen molar-refractivity contribution in [3.63, 3.8) is 0 Å². The minimum Gasteiger partial charge on any atom is -0.347 e. The second-order valence-corrected chi connectivity index (χ2v) is 8.65. The summed E-state index contributed by atoms with van der Waals surface area (Å²) in [5, 5.41) is 2.76. The molecule has 0 aliphatic carbocycles. The summed E-state index contributed by atoms with van der Waals surface area (Å²) in [5.41, 5.74) is 2.15. The summed E-state index contributed by atoms with van der Waals surface area (Å²) in [6, 6.07) is 12.7. The van der Waals surface area contributed by atoms with Crippen LogP contribution in [0.15, 0.2) is 73.3 Å². The molecule has 0 unspecified atom stereocenters. The van der Waals surface area contributed by atoms with Crippen LogP contribution in [0.1, 0.15) is 34.6 Å². The number of hydrogen-bond acceptors (Lipinski definition) is 6. The van der Waals surface area contributed by atoms with Gasteiger partial charge in [-0.3, -0.25) is 29.4 Å². The van der Waals surface area contributed by atoms with E-state index < -0.39 is 11.9 Å². The van der Waals surface area contributed by atoms with E-state index in [9.17, 15) is 22.8 Å². The molecule has 0 atom stereocenters. The SMILES string of the molecule is O=C(NCc1ccc(-c2ccnc(C(F)(F)F)c2)nc1)c1ccc(-c2ccc(N3CCCC3=O)nc2)cn1. The van der Waals surface area contributed by atoms with Crippen LogP contribution in [0, 0.1) is 0 Å². The Morgan fingerprint density at radius 2 is 1.68 bits per heavy atom. The first-order chi connectivity index (χ1) is 18.3. The molecule has 192 valence electrons. The molecule has 38 heavy (non-hydrogen) atoms. The number of rotatable bonds is 6. The largest absolute Gasteiger partial charge is 0.433 e. The van der Waals surface area contributed by atoms with Crippen LogP contribution in [0.4, 0.5) is 19.0 Å². The molecule has 0 aromatic carbocycles. The maximum absolute atomic E-state index is 12.9. The van der Waals surface area contributed by atoms with Crippen molar-refractivity contribution in [1.82, 2.24) is 25.3 Å². The molecule has 5 heterocycles. The highest BCUT2D eigenvalue weighted by molar-refractivity contribution is 5.94. The zero-order valence-electron chi connectivity index (χ0n) is 19.9. The van der Waals surface area contributed by atoms with Gasteiger partial charge in [0.25, 0.3) is 5.91 Å². The number of nitrogens with zero attached hydrogens (tertiary/aromatic N) is 5. The number of aromatic nitrogens is 4. The molecule has 1 saturated heterocycles. The summed E-state index contributed by atoms with van der Waals surface area (Å²) in [4.78, 5) is 42.3. The molecule has 0 saturated carbocycles. The minimum absolute atomic E-state index is 0.0716. The van der Waals surface area contributed by atoms with Gasteiger partial charge in [0, 0.05) is 61.0 Å². The molecule has 1 aliphatic heterocycles. The predicted molar refractivity (Wildman–Crippen MR) is 133 cm³/mol. The number of alkyl halides is 3. The van der Waals surface area contributed by atoms with Crippen molar-refractivity contribution in [3.8, 4) is 22.4 Å². The van der Waals surface area contributed by atoms with Gasteiger partial charge in [-0.05, 0) is 48.4 Å². The quantitative estimate of drug-likeness (QED) is 0.398. The number of pyridine rings is 4. The Bertz CT molecular complexity index is 1460. The van der Waals surface area contributed by atoms with Gasteiger partial charge in [0.15, 0.2) is 0 Å². The van der Waals surface area contributed by atoms with Crippen LogP contribution in [-0.4, -0.2) is 38.3 Å². The van der Waals surface area contributed by atoms with Crippen LogP contribution in [-0.2, 0) is 17.5 Å². The molecule has 5 rings (SSSR count). The van der Waals surface area contributed by atoms with Crippen molar-refractivity contribution >= 4 is 17.6 Å². The Kier molecular flexibility index (Phi) is 6.82. The van der Waals surface area contributed by atoms with Gasteiger partial charge in [0.2, 0.25) is 5.91 Å². The number of halogens is 3. The van der Waals surface area contributed by atoms with E-state index in [1.165, 1.54) is 12.3 Å². The first-order valence-electron chi connectivity index (χ1n) is 11.8. The van der Waals surface area contributed by atoms with E-state index >= 15 is 0 Å². The van der Waals surface area contributed by atoms with Gasteiger partial charge < -0.3 is 5.32 Å². The van der Waals surface area contributed by atoms with E-state index in [0.717, 1.165) is 29.8 Å². The van der Waals surface area contributed by atoms with Crippen molar-refractivity contribution in [3.05, 3.63) is 90.3 Å². The number of carbonyl (C=O) groups excluding carboxylic acids is 2. The number of anilines is 1. The smallest absolute Gasteiger partial charge is 0.347 e. The van der Waals surface area contributed by atoms with Gasteiger partial charge in [0.05, 0.1) is 5.69 Å². The molecule has 1 fully saturated rings. The fourth-order valence-electron chi connectivity index (χ4n) is 4.02. The Morgan fingerprint density at radius 1 is 0.895 bits per heavy atom. The number of amides is 2. The van der Waals surface area contributed by atoms with E-state index in [1.54, 1.807) is 47.6 Å². The lowest BCUT2D eigenvalue weighted by molar-refractivity contribution is -0.141. The third kappa shape index (κ3) is 5.51. The van der Waals surface area contributed by atoms with Crippen LogP contribution in [0.2, 0.25) is 0 Å². The highest BCUT2D eigenvalue weighted by Gasteiger charge is 2.32. The normalized spacial score (nSPS) is 13.6. The highest BCUT2D eigenvalue weighted by Crippen LogP contribution is 2.30. The summed E-state index contributed by atoms with van der Waals surface area (Å²) in [6.07, 6.45) is 2.66. The third-order valence-corrected chi connectivity index (χ3v) is 6.05. The number of nitrogens with one attached hydrogen (secondary N) is 1. The molecule has 11 heteroatoms. The highest BCUT2D eigenvalue weighted by atomic mass is 19.4. The molecule has 4 aromatic heterocycles. The molecule has 1 aliphatic rings. The van der Waals surface area contributed by atoms with Gasteiger partial charge in [0.1, 0.15) is 17.2 Å². The summed E-state index contributed by atoms with van der Waals surface area (Å²) in [5.74, 6) is 0.308. The first kappa shape index (κ1) is 25.0. The molecule has 2 amide bonds. The van der Waals surface area contributed by atoms with Crippen LogP contribution in [0.3, 0.4) is 0 Å². The summed E-state index contributed by atoms with van der Waals surface area (Å²) >= 11 is 0. The van der Waals surface area contributed by atoms with Gasteiger partial charge in [-0.2, -0.15) is 13.2 Å². The fraction of sp³-hybridized carbons (Fsp3) is 0.185. The van der Waals surface area contributed by atoms with Crippen LogP contribution in [0.5, 0.6) is 0 Å². The van der Waals surface area contributed by atoms with E-state index in [-0.39, 0.29) is 24.1 Å². The molecule has 1 N–H and O–H groups in total. The number of carbonyl (C=O) groups is 2. The van der Waals surface area contributed by atoms with Gasteiger partial charge >= 0.3 is 6.18 Å². The maximum atomic E-state index is 12.9. The Labute approximate surface area is 215 Å². The molecule has 0 spiro atoms. The Morgan fingerprint density at radius 3 is 2.29 bits per heavy atom. The standard InChI is InChI=1S/C27H21F3N6O2/c28-27(29,30)23-12-18(9-10-31-23)21-6-3-17(13-32-21)14-35-26(38)22-7-4-19(15-33-22)20-5-8-24(34-16-20)36-11-1-2-25(36)37/h3-10,12-13,15-16H,1-2,11,14H2,(H,35,38). The van der Waals surface area contributed by atoms with E-state index in [1.807, 2.05) is 6.07 Å². The van der Waals surface area contributed by atoms with Gasteiger partial charge in [-0.15, -0.1) is 0 Å². The minimum atomic E-state index is -4.54. The van der Waals surface area contributed by atoms with E-state index in [2.05, 4.69) is 25.3 Å². The first-order valence-corrected chi connectivity index (χ1v) is 11.8. The van der Waals surface area contributed by atoms with Crippen molar-refractivity contribution in [1.29, 1.82) is 0 Å². The molecule has 0 bridgehead atoms. The molecule has 4 aromatic rings. The van der Waals surface area contributed by atoms with Gasteiger partial charge in [-0.1, -0.05) is 12.1 Å². The number of hydrogen-bond donors (Lipinski definition) is 1. The van der Waals surface area contributed by atoms with Crippen LogP contribution < -0.4 is 10.2 Å². The molecular formula is C27H21F3N6O2. The van der Waals surface area contributed by atoms with Crippen LogP contribution in [0.25, 0.3) is 22.4 Å². The zero-order chi connectivity index (χ0) is 26.7. The zero-order valence-corrected chi connectivity index (χ0v) is 19.9. The maximum Gasteiger partial charge on any atom is 0.433 e. The van der Waals surface area contributed by atoms with E-state index in [4.69, 9.17) is 0 Å². The average molecular weight is 518 g/mol. The van der Waals surface area contributed by atoms with Gasteiger partial charge in [-0.25, -0.2) is 4.98 Å².